The van der Waals surface area contributed by atoms with Crippen LogP contribution in [0, 0.1) is 0 Å². The number of aryl methyl sites for hydroxylation is 1. The van der Waals surface area contributed by atoms with Gasteiger partial charge in [0.1, 0.15) is 0 Å². The molecule has 2 N–H and O–H groups in total. The molecule has 0 aliphatic carbocycles. The van der Waals surface area contributed by atoms with Gasteiger partial charge in [0, 0.05) is 0 Å². The third kappa shape index (κ3) is 17.0. The monoisotopic (exact) mass is 430 g/mol. The topological polar surface area (TPSA) is 74.6 Å². The average molecular weight is 431 g/mol. The van der Waals surface area contributed by atoms with Crippen molar-refractivity contribution in [2.45, 2.75) is 95.3 Å². The van der Waals surface area contributed by atoms with Gasteiger partial charge in [0.15, 0.2) is 0 Å². The largest absolute Gasteiger partial charge is 1.00 e. The molecule has 1 aromatic rings. The van der Waals surface area contributed by atoms with Crippen LogP contribution in [-0.2, 0) is 16.5 Å². The van der Waals surface area contributed by atoms with Gasteiger partial charge in [-0.05, 0) is 30.5 Å². The van der Waals surface area contributed by atoms with Gasteiger partial charge in [-0.2, -0.15) is 8.42 Å². The summed E-state index contributed by atoms with van der Waals surface area (Å²) in [6.07, 6.45) is 17.0. The van der Waals surface area contributed by atoms with Gasteiger partial charge in [0.05, 0.1) is 16.8 Å². The summed E-state index contributed by atoms with van der Waals surface area (Å²) < 4.78 is 37.4. The maximum absolute atomic E-state index is 11.0. The van der Waals surface area contributed by atoms with Crippen LogP contribution in [-0.4, -0.2) is 17.6 Å². The molecule has 0 saturated carbocycles. The number of rotatable bonds is 14. The normalized spacial score (nSPS) is 10.7. The molecule has 0 spiro atoms. The van der Waals surface area contributed by atoms with Crippen LogP contribution < -0.4 is 29.6 Å². The Morgan fingerprint density at radius 3 is 1.52 bits per heavy atom. The van der Waals surface area contributed by atoms with E-state index in [4.69, 9.17) is 9.21 Å². The van der Waals surface area contributed by atoms with Crippen molar-refractivity contribution < 1.29 is 48.6 Å². The Bertz CT molecular complexity index is 542. The summed E-state index contributed by atoms with van der Waals surface area (Å²) >= 11 is 3.64. The molecule has 4 nitrogen and oxygen atoms in total. The summed E-state index contributed by atoms with van der Waals surface area (Å²) in [5.41, 5.74) is 1.13. The van der Waals surface area contributed by atoms with Gasteiger partial charge < -0.3 is 1.43 Å². The number of benzene rings is 1. The molecule has 0 unspecified atom stereocenters. The molecule has 0 atom stereocenters. The molecular formula is C20H36ClNaO4S. The van der Waals surface area contributed by atoms with E-state index in [9.17, 15) is 8.42 Å². The Labute approximate surface area is 194 Å². The fourth-order valence-electron chi connectivity index (χ4n) is 3.00. The molecule has 0 fully saturated rings. The molecule has 0 aliphatic rings. The van der Waals surface area contributed by atoms with E-state index in [0.717, 1.165) is 18.4 Å². The van der Waals surface area contributed by atoms with Crippen molar-refractivity contribution in [3.8, 4) is 0 Å². The molecular weight excluding hydrogens is 395 g/mol. The zero-order chi connectivity index (χ0) is 19.7. The van der Waals surface area contributed by atoms with E-state index in [1.807, 2.05) is 0 Å². The molecule has 0 heterocycles. The van der Waals surface area contributed by atoms with Crippen LogP contribution in [0.15, 0.2) is 29.2 Å². The predicted octanol–water partition coefficient (Wildman–Crippen LogP) is 3.43. The predicted molar refractivity (Wildman–Crippen MR) is 110 cm³/mol. The Balaban J connectivity index is -0.00000151. The minimum atomic E-state index is -4.07. The summed E-state index contributed by atoms with van der Waals surface area (Å²) in [5.74, 6) is 0. The molecule has 0 bridgehead atoms. The van der Waals surface area contributed by atoms with Gasteiger partial charge in [-0.3, -0.25) is 9.21 Å². The van der Waals surface area contributed by atoms with E-state index in [1.165, 1.54) is 82.8 Å². The first-order valence-electron chi connectivity index (χ1n) is 9.77. The molecule has 0 aliphatic heterocycles. The zero-order valence-corrected chi connectivity index (χ0v) is 20.6. The van der Waals surface area contributed by atoms with Crippen LogP contribution in [0.25, 0.3) is 0 Å². The second kappa shape index (κ2) is 19.7. The van der Waals surface area contributed by atoms with Crippen LogP contribution in [0.2, 0.25) is 0 Å². The van der Waals surface area contributed by atoms with Gasteiger partial charge >= 0.3 is 29.6 Å². The number of halogens is 1. The van der Waals surface area contributed by atoms with E-state index in [2.05, 4.69) is 18.8 Å². The Morgan fingerprint density at radius 1 is 0.778 bits per heavy atom. The fourth-order valence-corrected chi connectivity index (χ4v) is 3.48. The molecule has 1 aromatic carbocycles. The third-order valence-corrected chi connectivity index (χ3v) is 5.41. The summed E-state index contributed by atoms with van der Waals surface area (Å²) in [4.78, 5) is -0.0269. The second-order valence-corrected chi connectivity index (χ2v) is 8.18. The van der Waals surface area contributed by atoms with Crippen molar-refractivity contribution in [3.05, 3.63) is 29.8 Å². The maximum atomic E-state index is 11.0. The van der Waals surface area contributed by atoms with Crippen molar-refractivity contribution in [3.63, 3.8) is 0 Å². The molecule has 7 heteroatoms. The summed E-state index contributed by atoms with van der Waals surface area (Å²) in [6, 6.07) is 6.54. The zero-order valence-electron chi connectivity index (χ0n) is 18.0. The minimum Gasteiger partial charge on any atom is -1.00 e. The third-order valence-electron chi connectivity index (χ3n) is 4.54. The first-order chi connectivity index (χ1) is 12.5. The summed E-state index contributed by atoms with van der Waals surface area (Å²) in [5, 5.41) is 0. The smallest absolute Gasteiger partial charge is 1.00 e. The number of unbranched alkanes of at least 4 members (excludes halogenated alkanes) is 11. The van der Waals surface area contributed by atoms with E-state index >= 15 is 0 Å². The van der Waals surface area contributed by atoms with Crippen LogP contribution >= 0.6 is 11.9 Å². The van der Waals surface area contributed by atoms with Gasteiger partial charge in [-0.25, -0.2) is 0 Å². The van der Waals surface area contributed by atoms with Gasteiger partial charge in [-0.15, -0.1) is 0 Å². The van der Waals surface area contributed by atoms with Gasteiger partial charge in [0.25, 0.3) is 10.1 Å². The van der Waals surface area contributed by atoms with E-state index < -0.39 is 10.1 Å². The van der Waals surface area contributed by atoms with Gasteiger partial charge in [-0.1, -0.05) is 89.7 Å². The van der Waals surface area contributed by atoms with Gasteiger partial charge in [0.2, 0.25) is 0 Å². The minimum absolute atomic E-state index is 0. The maximum Gasteiger partial charge on any atom is 1.00 e. The van der Waals surface area contributed by atoms with Crippen molar-refractivity contribution in [2.24, 2.45) is 0 Å². The quantitative estimate of drug-likeness (QED) is 0.269. The molecule has 1 rings (SSSR count). The average Bonchev–Trinajstić information content (AvgIpc) is 2.64. The summed E-state index contributed by atoms with van der Waals surface area (Å²) in [7, 11) is -4.07. The van der Waals surface area contributed by atoms with Crippen molar-refractivity contribution in [2.75, 3.05) is 0 Å². The standard InChI is InChI=1S/C20H34O3S.ClHO.Na.H/c1-2-3-4-5-6-7-8-9-10-11-12-13-14-19-15-17-20(18-16-19)24(21,22)23;1-2;;/h15-18H,2-14H2,1H3,(H,21,22,23);2H;;/q;;+1;-1. The molecule has 0 radical (unpaired) electrons. The fraction of sp³-hybridized carbons (Fsp3) is 0.700. The number of hydrogen-bond donors (Lipinski definition) is 2. The molecule has 0 saturated heterocycles. The van der Waals surface area contributed by atoms with Crippen LogP contribution in [0.1, 0.15) is 91.0 Å². The SMILES string of the molecule is CCCCCCCCCCCCCCc1ccc(S(=O)(=O)O)cc1.OCl.[H-].[Na+]. The summed E-state index contributed by atoms with van der Waals surface area (Å²) in [6.45, 7) is 2.26. The molecule has 154 valence electrons. The van der Waals surface area contributed by atoms with E-state index in [1.54, 1.807) is 12.1 Å². The van der Waals surface area contributed by atoms with Crippen molar-refractivity contribution in [1.29, 1.82) is 0 Å². The Morgan fingerprint density at radius 2 is 1.15 bits per heavy atom. The second-order valence-electron chi connectivity index (χ2n) is 6.76. The van der Waals surface area contributed by atoms with E-state index in [0.29, 0.717) is 0 Å². The first kappa shape index (κ1) is 29.6. The van der Waals surface area contributed by atoms with Crippen molar-refractivity contribution >= 4 is 22.0 Å². The van der Waals surface area contributed by atoms with Crippen molar-refractivity contribution in [1.82, 2.24) is 0 Å². The Kier molecular flexibility index (Phi) is 21.6. The first-order valence-corrected chi connectivity index (χ1v) is 11.5. The molecule has 0 aromatic heterocycles. The number of hydrogen-bond acceptors (Lipinski definition) is 3. The molecule has 0 amide bonds. The van der Waals surface area contributed by atoms with Crippen LogP contribution in [0.3, 0.4) is 0 Å². The molecule has 27 heavy (non-hydrogen) atoms. The van der Waals surface area contributed by atoms with Crippen LogP contribution in [0.4, 0.5) is 0 Å². The van der Waals surface area contributed by atoms with E-state index in [-0.39, 0.29) is 35.9 Å². The Hall–Kier alpha value is 0.380. The van der Waals surface area contributed by atoms with Crippen LogP contribution in [0.5, 0.6) is 0 Å².